The Morgan fingerprint density at radius 3 is 2.80 bits per heavy atom. The fraction of sp³-hybridized carbons (Fsp3) is 0.308. The first-order chi connectivity index (χ1) is 16.8. The number of aromatic nitrogens is 2. The number of nitrogens with one attached hydrogen (secondary N) is 3. The van der Waals surface area contributed by atoms with Crippen LogP contribution in [0, 0.1) is 11.3 Å². The number of fused-ring (bicyclic) bond motifs is 1. The minimum atomic E-state index is -0.568. The Balaban J connectivity index is 0.000000429. The van der Waals surface area contributed by atoms with Crippen LogP contribution in [0.5, 0.6) is 0 Å². The summed E-state index contributed by atoms with van der Waals surface area (Å²) in [6, 6.07) is 10.9. The molecule has 2 aromatic heterocycles. The van der Waals surface area contributed by atoms with Crippen LogP contribution in [0.2, 0.25) is 0 Å². The zero-order valence-corrected chi connectivity index (χ0v) is 20.1. The topological polar surface area (TPSA) is 129 Å². The molecule has 0 unspecified atom stereocenters. The molecule has 0 spiro atoms. The molecule has 1 aromatic carbocycles. The number of nitrogens with zero attached hydrogens (tertiary/aromatic N) is 2. The maximum Gasteiger partial charge on any atom is 0.412 e. The van der Waals surface area contributed by atoms with E-state index in [2.05, 4.69) is 37.5 Å². The van der Waals surface area contributed by atoms with Gasteiger partial charge in [0.1, 0.15) is 17.9 Å². The molecule has 1 amide bonds. The zero-order chi connectivity index (χ0) is 25.3. The summed E-state index contributed by atoms with van der Waals surface area (Å²) in [7, 11) is 0. The summed E-state index contributed by atoms with van der Waals surface area (Å²) in [5.41, 5.74) is 4.69. The van der Waals surface area contributed by atoms with E-state index in [-0.39, 0.29) is 12.2 Å². The highest BCUT2D eigenvalue weighted by Crippen LogP contribution is 2.28. The molecule has 9 heteroatoms. The Morgan fingerprint density at radius 1 is 1.31 bits per heavy atom. The van der Waals surface area contributed by atoms with Crippen LogP contribution in [0.1, 0.15) is 43.9 Å². The van der Waals surface area contributed by atoms with Crippen molar-refractivity contribution in [3.8, 4) is 6.07 Å². The van der Waals surface area contributed by atoms with Crippen molar-refractivity contribution in [2.24, 2.45) is 0 Å². The predicted octanol–water partition coefficient (Wildman–Crippen LogP) is 4.52. The molecule has 3 heterocycles. The lowest BCUT2D eigenvalue weighted by Crippen LogP contribution is -2.19. The number of pyridine rings is 1. The van der Waals surface area contributed by atoms with Crippen LogP contribution < -0.4 is 10.6 Å². The van der Waals surface area contributed by atoms with Gasteiger partial charge in [-0.1, -0.05) is 18.2 Å². The van der Waals surface area contributed by atoms with Gasteiger partial charge in [0, 0.05) is 23.7 Å². The van der Waals surface area contributed by atoms with E-state index in [1.165, 1.54) is 5.57 Å². The van der Waals surface area contributed by atoms with E-state index in [0.29, 0.717) is 17.7 Å². The number of hydrogen-bond donors (Lipinski definition) is 3. The summed E-state index contributed by atoms with van der Waals surface area (Å²) >= 11 is 0. The smallest absolute Gasteiger partial charge is 0.412 e. The molecule has 0 saturated carbocycles. The maximum absolute atomic E-state index is 12.1. The average molecular weight is 476 g/mol. The van der Waals surface area contributed by atoms with E-state index in [1.807, 2.05) is 33.0 Å². The molecule has 9 nitrogen and oxygen atoms in total. The quantitative estimate of drug-likeness (QED) is 0.463. The van der Waals surface area contributed by atoms with Crippen molar-refractivity contribution in [1.82, 2.24) is 15.3 Å². The van der Waals surface area contributed by atoms with Gasteiger partial charge in [-0.2, -0.15) is 5.26 Å². The molecule has 3 N–H and O–H groups in total. The predicted molar refractivity (Wildman–Crippen MR) is 133 cm³/mol. The van der Waals surface area contributed by atoms with Crippen LogP contribution in [-0.2, 0) is 20.9 Å². The highest BCUT2D eigenvalue weighted by molar-refractivity contribution is 5.94. The molecule has 0 aliphatic carbocycles. The van der Waals surface area contributed by atoms with E-state index in [9.17, 15) is 9.59 Å². The molecule has 0 radical (unpaired) electrons. The Bertz CT molecular complexity index is 1250. The van der Waals surface area contributed by atoms with E-state index in [4.69, 9.17) is 10.00 Å². The zero-order valence-electron chi connectivity index (χ0n) is 20.1. The third-order valence-corrected chi connectivity index (χ3v) is 5.02. The molecule has 0 saturated heterocycles. The number of ether oxygens (including phenoxy) is 2. The van der Waals surface area contributed by atoms with Gasteiger partial charge in [0.15, 0.2) is 0 Å². The van der Waals surface area contributed by atoms with Crippen LogP contribution >= 0.6 is 0 Å². The summed E-state index contributed by atoms with van der Waals surface area (Å²) in [6.07, 6.45) is 6.11. The average Bonchev–Trinajstić information content (AvgIpc) is 3.26. The van der Waals surface area contributed by atoms with Gasteiger partial charge in [0.2, 0.25) is 0 Å². The second-order valence-corrected chi connectivity index (χ2v) is 8.85. The summed E-state index contributed by atoms with van der Waals surface area (Å²) in [4.78, 5) is 29.3. The van der Waals surface area contributed by atoms with Gasteiger partial charge in [0.25, 0.3) is 6.47 Å². The molecule has 35 heavy (non-hydrogen) atoms. The SMILES string of the molecule is CC(C)(C)OC=O.N#Cc1cccc(COC(=O)Nc2cnc3[nH]cc(C4=CCNCC4)c3c2)c1. The monoisotopic (exact) mass is 475 g/mol. The van der Waals surface area contributed by atoms with Gasteiger partial charge in [-0.15, -0.1) is 0 Å². The lowest BCUT2D eigenvalue weighted by atomic mass is 10.0. The molecule has 182 valence electrons. The summed E-state index contributed by atoms with van der Waals surface area (Å²) in [5.74, 6) is 0. The highest BCUT2D eigenvalue weighted by atomic mass is 16.5. The van der Waals surface area contributed by atoms with Crippen molar-refractivity contribution >= 4 is 34.9 Å². The lowest BCUT2D eigenvalue weighted by Gasteiger charge is -2.14. The minimum absolute atomic E-state index is 0.0896. The molecule has 3 aromatic rings. The van der Waals surface area contributed by atoms with Crippen molar-refractivity contribution < 1.29 is 19.1 Å². The van der Waals surface area contributed by atoms with Gasteiger partial charge in [-0.3, -0.25) is 10.1 Å². The Labute approximate surface area is 204 Å². The first kappa shape index (κ1) is 25.5. The van der Waals surface area contributed by atoms with Crippen molar-refractivity contribution in [3.63, 3.8) is 0 Å². The van der Waals surface area contributed by atoms with E-state index < -0.39 is 6.09 Å². The van der Waals surface area contributed by atoms with Gasteiger partial charge in [-0.05, 0) is 63.1 Å². The molecule has 4 rings (SSSR count). The van der Waals surface area contributed by atoms with Gasteiger partial charge in [0.05, 0.1) is 23.5 Å². The lowest BCUT2D eigenvalue weighted by molar-refractivity contribution is -0.138. The number of benzene rings is 1. The van der Waals surface area contributed by atoms with Crippen LogP contribution in [0.15, 0.2) is 48.8 Å². The van der Waals surface area contributed by atoms with Crippen molar-refractivity contribution in [3.05, 3.63) is 65.5 Å². The minimum Gasteiger partial charge on any atom is -0.462 e. The van der Waals surface area contributed by atoms with E-state index in [0.717, 1.165) is 41.7 Å². The van der Waals surface area contributed by atoms with Gasteiger partial charge >= 0.3 is 6.09 Å². The van der Waals surface area contributed by atoms with Crippen LogP contribution in [0.25, 0.3) is 16.6 Å². The first-order valence-electron chi connectivity index (χ1n) is 11.2. The second-order valence-electron chi connectivity index (χ2n) is 8.85. The fourth-order valence-electron chi connectivity index (χ4n) is 3.38. The molecule has 0 bridgehead atoms. The number of carbonyl (C=O) groups is 2. The van der Waals surface area contributed by atoms with Crippen LogP contribution in [0.4, 0.5) is 10.5 Å². The largest absolute Gasteiger partial charge is 0.462 e. The summed E-state index contributed by atoms with van der Waals surface area (Å²) in [6.45, 7) is 7.81. The number of amides is 1. The first-order valence-corrected chi connectivity index (χ1v) is 11.2. The number of hydrogen-bond acceptors (Lipinski definition) is 7. The molecular weight excluding hydrogens is 446 g/mol. The Morgan fingerprint density at radius 2 is 2.14 bits per heavy atom. The summed E-state index contributed by atoms with van der Waals surface area (Å²) in [5, 5.41) is 15.9. The number of anilines is 1. The standard InChI is InChI=1S/C21H19N5O2.C5H10O2/c22-10-14-2-1-3-15(8-14)13-28-21(27)26-17-9-18-19(12-25-20(18)24-11-17)16-4-6-23-7-5-16;1-5(2,3)7-4-6/h1-4,8-9,11-12,23H,5-7,13H2,(H,24,25)(H,26,27);4H,1-3H3. The normalized spacial score (nSPS) is 13.0. The third kappa shape index (κ3) is 7.69. The third-order valence-electron chi connectivity index (χ3n) is 5.02. The molecule has 1 aliphatic rings. The van der Waals surface area contributed by atoms with E-state index in [1.54, 1.807) is 30.5 Å². The number of aromatic amines is 1. The molecule has 1 aliphatic heterocycles. The molecular formula is C26H29N5O4. The number of carbonyl (C=O) groups excluding carboxylic acids is 2. The van der Waals surface area contributed by atoms with Crippen molar-refractivity contribution in [2.45, 2.75) is 39.4 Å². The van der Waals surface area contributed by atoms with Gasteiger partial charge < -0.3 is 19.8 Å². The van der Waals surface area contributed by atoms with Gasteiger partial charge in [-0.25, -0.2) is 9.78 Å². The van der Waals surface area contributed by atoms with Crippen molar-refractivity contribution in [2.75, 3.05) is 18.4 Å². The molecule has 0 fully saturated rings. The van der Waals surface area contributed by atoms with Crippen molar-refractivity contribution in [1.29, 1.82) is 5.26 Å². The number of nitriles is 1. The van der Waals surface area contributed by atoms with E-state index >= 15 is 0 Å². The Hall–Kier alpha value is -4.16. The number of rotatable bonds is 5. The van der Waals surface area contributed by atoms with Crippen LogP contribution in [-0.4, -0.2) is 41.2 Å². The molecule has 0 atom stereocenters. The second kappa shape index (κ2) is 11.8. The Kier molecular flexibility index (Phi) is 8.59. The highest BCUT2D eigenvalue weighted by Gasteiger charge is 2.13. The number of H-pyrrole nitrogens is 1. The maximum atomic E-state index is 12.1. The summed E-state index contributed by atoms with van der Waals surface area (Å²) < 4.78 is 9.81. The van der Waals surface area contributed by atoms with Crippen LogP contribution in [0.3, 0.4) is 0 Å². The fourth-order valence-corrected chi connectivity index (χ4v) is 3.38.